The highest BCUT2D eigenvalue weighted by atomic mass is 16.5. The number of hydrogen-bond donors (Lipinski definition) is 2. The van der Waals surface area contributed by atoms with E-state index in [0.29, 0.717) is 23.6 Å². The van der Waals surface area contributed by atoms with Gasteiger partial charge in [-0.1, -0.05) is 56.3 Å². The normalized spacial score (nSPS) is 10.3. The monoisotopic (exact) mass is 396 g/mol. The summed E-state index contributed by atoms with van der Waals surface area (Å²) < 4.78 is 4.90. The van der Waals surface area contributed by atoms with Crippen LogP contribution in [0, 0.1) is 5.92 Å². The summed E-state index contributed by atoms with van der Waals surface area (Å²) in [6, 6.07) is 14.1. The summed E-state index contributed by atoms with van der Waals surface area (Å²) in [7, 11) is 0. The number of amides is 3. The third kappa shape index (κ3) is 7.21. The molecule has 0 spiro atoms. The fourth-order valence-electron chi connectivity index (χ4n) is 2.41. The molecule has 152 valence electrons. The fourth-order valence-corrected chi connectivity index (χ4v) is 2.41. The van der Waals surface area contributed by atoms with Gasteiger partial charge in [0.25, 0.3) is 5.91 Å². The molecule has 0 aliphatic carbocycles. The number of ketones is 1. The van der Waals surface area contributed by atoms with Gasteiger partial charge in [-0.15, -0.1) is 0 Å². The number of nitrogens with one attached hydrogen (secondary N) is 2. The van der Waals surface area contributed by atoms with Crippen molar-refractivity contribution < 1.29 is 23.9 Å². The van der Waals surface area contributed by atoms with Crippen LogP contribution in [0.4, 0.5) is 4.79 Å². The van der Waals surface area contributed by atoms with E-state index in [4.69, 9.17) is 4.74 Å². The van der Waals surface area contributed by atoms with Crippen molar-refractivity contribution >= 4 is 23.7 Å². The van der Waals surface area contributed by atoms with Crippen LogP contribution < -0.4 is 10.6 Å². The molecule has 0 radical (unpaired) electrons. The number of urea groups is 1. The molecule has 0 fully saturated rings. The van der Waals surface area contributed by atoms with Crippen LogP contribution in [0.15, 0.2) is 54.6 Å². The van der Waals surface area contributed by atoms with Crippen LogP contribution in [-0.2, 0) is 9.53 Å². The molecular weight excluding hydrogens is 372 g/mol. The van der Waals surface area contributed by atoms with Crippen molar-refractivity contribution in [2.24, 2.45) is 5.92 Å². The Morgan fingerprint density at radius 3 is 2.07 bits per heavy atom. The lowest BCUT2D eigenvalue weighted by atomic mass is 10.0. The van der Waals surface area contributed by atoms with E-state index in [-0.39, 0.29) is 11.3 Å². The van der Waals surface area contributed by atoms with Crippen LogP contribution in [-0.4, -0.2) is 36.8 Å². The molecule has 0 heterocycles. The number of hydrogen-bond acceptors (Lipinski definition) is 5. The lowest BCUT2D eigenvalue weighted by Gasteiger charge is -2.09. The smallest absolute Gasteiger partial charge is 0.338 e. The first-order valence-electron chi connectivity index (χ1n) is 9.31. The quantitative estimate of drug-likeness (QED) is 0.528. The molecule has 0 bridgehead atoms. The van der Waals surface area contributed by atoms with Crippen molar-refractivity contribution in [1.82, 2.24) is 10.6 Å². The Labute approximate surface area is 169 Å². The summed E-state index contributed by atoms with van der Waals surface area (Å²) in [6.45, 7) is 3.91. The summed E-state index contributed by atoms with van der Waals surface area (Å²) in [4.78, 5) is 47.6. The first kappa shape index (κ1) is 21.8. The summed E-state index contributed by atoms with van der Waals surface area (Å²) in [6.07, 6.45) is 0.791. The van der Waals surface area contributed by atoms with Gasteiger partial charge in [-0.3, -0.25) is 14.9 Å². The maximum atomic E-state index is 12.4. The minimum atomic E-state index is -0.726. The van der Waals surface area contributed by atoms with E-state index >= 15 is 0 Å². The molecule has 2 rings (SSSR count). The molecule has 2 aromatic rings. The van der Waals surface area contributed by atoms with E-state index in [1.54, 1.807) is 24.3 Å². The van der Waals surface area contributed by atoms with Crippen LogP contribution in [0.5, 0.6) is 0 Å². The average Bonchev–Trinajstić information content (AvgIpc) is 2.72. The van der Waals surface area contributed by atoms with Gasteiger partial charge in [0.2, 0.25) is 0 Å². The van der Waals surface area contributed by atoms with Crippen molar-refractivity contribution in [1.29, 1.82) is 0 Å². The van der Waals surface area contributed by atoms with Gasteiger partial charge in [0.05, 0.1) is 5.56 Å². The van der Waals surface area contributed by atoms with Crippen molar-refractivity contribution in [3.05, 3.63) is 71.3 Å². The molecule has 7 nitrogen and oxygen atoms in total. The predicted octanol–water partition coefficient (Wildman–Crippen LogP) is 2.95. The van der Waals surface area contributed by atoms with Crippen LogP contribution in [0.1, 0.15) is 46.5 Å². The Morgan fingerprint density at radius 2 is 1.45 bits per heavy atom. The third-order valence-corrected chi connectivity index (χ3v) is 4.01. The number of benzene rings is 2. The molecule has 2 aromatic carbocycles. The highest BCUT2D eigenvalue weighted by molar-refractivity contribution is 6.09. The standard InChI is InChI=1S/C22H24N2O5/c1-15(2)12-13-23-22(28)24-19(25)14-29-21(27)18-10-8-17(9-11-18)20(26)16-6-4-3-5-7-16/h3-11,15H,12-14H2,1-2H3,(H2,23,24,25,28). The summed E-state index contributed by atoms with van der Waals surface area (Å²) in [5, 5.41) is 4.64. The molecule has 0 aromatic heterocycles. The lowest BCUT2D eigenvalue weighted by molar-refractivity contribution is -0.123. The van der Waals surface area contributed by atoms with Crippen molar-refractivity contribution in [3.8, 4) is 0 Å². The number of imide groups is 1. The zero-order chi connectivity index (χ0) is 21.2. The number of carbonyl (C=O) groups is 4. The molecule has 2 N–H and O–H groups in total. The maximum absolute atomic E-state index is 12.4. The van der Waals surface area contributed by atoms with Gasteiger partial charge in [-0.05, 0) is 24.5 Å². The molecule has 0 aliphatic rings. The molecule has 0 unspecified atom stereocenters. The van der Waals surface area contributed by atoms with Gasteiger partial charge in [-0.2, -0.15) is 0 Å². The molecule has 0 saturated carbocycles. The molecular formula is C22H24N2O5. The maximum Gasteiger partial charge on any atom is 0.338 e. The summed E-state index contributed by atoms with van der Waals surface area (Å²) in [5.41, 5.74) is 1.18. The molecule has 7 heteroatoms. The fraction of sp³-hybridized carbons (Fsp3) is 0.273. The number of esters is 1. The topological polar surface area (TPSA) is 102 Å². The van der Waals surface area contributed by atoms with Gasteiger partial charge >= 0.3 is 12.0 Å². The predicted molar refractivity (Wildman–Crippen MR) is 108 cm³/mol. The van der Waals surface area contributed by atoms with E-state index in [0.717, 1.165) is 6.42 Å². The van der Waals surface area contributed by atoms with Crippen molar-refractivity contribution in [2.75, 3.05) is 13.2 Å². The minimum absolute atomic E-state index is 0.159. The lowest BCUT2D eigenvalue weighted by Crippen LogP contribution is -2.41. The molecule has 3 amide bonds. The van der Waals surface area contributed by atoms with E-state index < -0.39 is 24.5 Å². The van der Waals surface area contributed by atoms with Crippen LogP contribution in [0.3, 0.4) is 0 Å². The second-order valence-corrected chi connectivity index (χ2v) is 6.84. The summed E-state index contributed by atoms with van der Waals surface area (Å²) >= 11 is 0. The number of ether oxygens (including phenoxy) is 1. The van der Waals surface area contributed by atoms with Crippen molar-refractivity contribution in [3.63, 3.8) is 0 Å². The molecule has 0 aliphatic heterocycles. The molecule has 0 saturated heterocycles. The molecule has 29 heavy (non-hydrogen) atoms. The average molecular weight is 396 g/mol. The van der Waals surface area contributed by atoms with Crippen molar-refractivity contribution in [2.45, 2.75) is 20.3 Å². The first-order chi connectivity index (χ1) is 13.9. The Balaban J connectivity index is 1.81. The Kier molecular flexibility index (Phi) is 8.09. The SMILES string of the molecule is CC(C)CCNC(=O)NC(=O)COC(=O)c1ccc(C(=O)c2ccccc2)cc1. The second kappa shape index (κ2) is 10.8. The minimum Gasteiger partial charge on any atom is -0.452 e. The Morgan fingerprint density at radius 1 is 0.862 bits per heavy atom. The Bertz CT molecular complexity index is 861. The summed E-state index contributed by atoms with van der Waals surface area (Å²) in [5.74, 6) is -1.18. The van der Waals surface area contributed by atoms with Crippen LogP contribution in [0.2, 0.25) is 0 Å². The van der Waals surface area contributed by atoms with Gasteiger partial charge < -0.3 is 10.1 Å². The van der Waals surface area contributed by atoms with Gasteiger partial charge in [0, 0.05) is 17.7 Å². The number of rotatable bonds is 8. The van der Waals surface area contributed by atoms with E-state index in [2.05, 4.69) is 10.6 Å². The van der Waals surface area contributed by atoms with E-state index in [1.807, 2.05) is 19.9 Å². The zero-order valence-corrected chi connectivity index (χ0v) is 16.4. The van der Waals surface area contributed by atoms with Crippen LogP contribution >= 0.6 is 0 Å². The number of carbonyl (C=O) groups excluding carboxylic acids is 4. The second-order valence-electron chi connectivity index (χ2n) is 6.84. The zero-order valence-electron chi connectivity index (χ0n) is 16.4. The first-order valence-corrected chi connectivity index (χ1v) is 9.31. The third-order valence-electron chi connectivity index (χ3n) is 4.01. The van der Waals surface area contributed by atoms with Gasteiger partial charge in [-0.25, -0.2) is 9.59 Å². The largest absolute Gasteiger partial charge is 0.452 e. The van der Waals surface area contributed by atoms with E-state index in [1.165, 1.54) is 24.3 Å². The Hall–Kier alpha value is -3.48. The van der Waals surface area contributed by atoms with Gasteiger partial charge in [0.15, 0.2) is 12.4 Å². The highest BCUT2D eigenvalue weighted by Crippen LogP contribution is 2.11. The molecule has 0 atom stereocenters. The van der Waals surface area contributed by atoms with Gasteiger partial charge in [0.1, 0.15) is 0 Å². The van der Waals surface area contributed by atoms with Crippen LogP contribution in [0.25, 0.3) is 0 Å². The van der Waals surface area contributed by atoms with E-state index in [9.17, 15) is 19.2 Å². The highest BCUT2D eigenvalue weighted by Gasteiger charge is 2.14.